The number of likely N-dealkylation sites (tertiary alicyclic amines) is 1. The SMILES string of the molecule is COc1ccc2c3c([nH]c2c1)[C@H](CO)N(C(=O)NC(C)C)CC31CCN(C(=O)NC2CCCC2)CC1. The number of fused-ring (bicyclic) bond motifs is 4. The van der Waals surface area contributed by atoms with E-state index in [4.69, 9.17) is 4.74 Å². The fraction of sp³-hybridized carbons (Fsp3) is 0.630. The number of benzene rings is 1. The molecule has 196 valence electrons. The average molecular weight is 498 g/mol. The second-order valence-corrected chi connectivity index (χ2v) is 11.0. The van der Waals surface area contributed by atoms with Crippen LogP contribution in [-0.2, 0) is 5.41 Å². The number of nitrogens with one attached hydrogen (secondary N) is 3. The molecule has 0 radical (unpaired) electrons. The largest absolute Gasteiger partial charge is 0.497 e. The van der Waals surface area contributed by atoms with Crippen LogP contribution in [0.5, 0.6) is 5.75 Å². The number of aliphatic hydroxyl groups excluding tert-OH is 1. The molecular weight excluding hydrogens is 458 g/mol. The van der Waals surface area contributed by atoms with E-state index in [9.17, 15) is 14.7 Å². The molecule has 4 N–H and O–H groups in total. The van der Waals surface area contributed by atoms with E-state index in [0.717, 1.165) is 48.0 Å². The Morgan fingerprint density at radius 3 is 2.56 bits per heavy atom. The van der Waals surface area contributed by atoms with E-state index in [0.29, 0.717) is 25.7 Å². The van der Waals surface area contributed by atoms with Gasteiger partial charge in [-0.1, -0.05) is 12.8 Å². The molecule has 1 saturated heterocycles. The van der Waals surface area contributed by atoms with Crippen molar-refractivity contribution in [2.75, 3.05) is 33.4 Å². The minimum atomic E-state index is -0.466. The van der Waals surface area contributed by atoms with Crippen molar-refractivity contribution < 1.29 is 19.4 Å². The number of carbonyl (C=O) groups excluding carboxylic acids is 2. The Bertz CT molecular complexity index is 1110. The van der Waals surface area contributed by atoms with Crippen molar-refractivity contribution >= 4 is 23.0 Å². The van der Waals surface area contributed by atoms with Crippen LogP contribution in [0.4, 0.5) is 9.59 Å². The highest BCUT2D eigenvalue weighted by molar-refractivity contribution is 5.89. The van der Waals surface area contributed by atoms with Crippen LogP contribution in [0, 0.1) is 0 Å². The number of hydrogen-bond acceptors (Lipinski definition) is 4. The van der Waals surface area contributed by atoms with Crippen LogP contribution in [0.25, 0.3) is 10.9 Å². The van der Waals surface area contributed by atoms with Gasteiger partial charge in [-0.15, -0.1) is 0 Å². The summed E-state index contributed by atoms with van der Waals surface area (Å²) in [5.41, 5.74) is 2.68. The van der Waals surface area contributed by atoms with Gasteiger partial charge in [0.2, 0.25) is 0 Å². The molecule has 36 heavy (non-hydrogen) atoms. The lowest BCUT2D eigenvalue weighted by Crippen LogP contribution is -2.58. The molecule has 9 nitrogen and oxygen atoms in total. The number of aromatic nitrogens is 1. The molecular formula is C27H39N5O4. The molecule has 4 amide bonds. The minimum absolute atomic E-state index is 0.0118. The minimum Gasteiger partial charge on any atom is -0.497 e. The predicted molar refractivity (Wildman–Crippen MR) is 138 cm³/mol. The number of aromatic amines is 1. The van der Waals surface area contributed by atoms with Crippen LogP contribution in [-0.4, -0.2) is 77.4 Å². The average Bonchev–Trinajstić information content (AvgIpc) is 3.51. The fourth-order valence-electron chi connectivity index (χ4n) is 6.43. The highest BCUT2D eigenvalue weighted by atomic mass is 16.5. The monoisotopic (exact) mass is 497 g/mol. The summed E-state index contributed by atoms with van der Waals surface area (Å²) in [5, 5.41) is 17.8. The Morgan fingerprint density at radius 2 is 1.92 bits per heavy atom. The van der Waals surface area contributed by atoms with Gasteiger partial charge in [0.15, 0.2) is 0 Å². The van der Waals surface area contributed by atoms with E-state index in [1.165, 1.54) is 18.4 Å². The number of rotatable bonds is 4. The summed E-state index contributed by atoms with van der Waals surface area (Å²) in [6, 6.07) is 5.67. The Kier molecular flexibility index (Phi) is 6.76. The zero-order chi connectivity index (χ0) is 25.4. The molecule has 0 bridgehead atoms. The Morgan fingerprint density at radius 1 is 1.19 bits per heavy atom. The van der Waals surface area contributed by atoms with Gasteiger partial charge in [0.1, 0.15) is 5.75 Å². The molecule has 9 heteroatoms. The number of ether oxygens (including phenoxy) is 1. The summed E-state index contributed by atoms with van der Waals surface area (Å²) in [6.07, 6.45) is 5.99. The molecule has 1 aromatic carbocycles. The number of carbonyl (C=O) groups is 2. The topological polar surface area (TPSA) is 110 Å². The van der Waals surface area contributed by atoms with Gasteiger partial charge in [0.05, 0.1) is 19.8 Å². The maximum atomic E-state index is 13.3. The zero-order valence-corrected chi connectivity index (χ0v) is 21.6. The molecule has 1 spiro atoms. The highest BCUT2D eigenvalue weighted by Crippen LogP contribution is 2.49. The van der Waals surface area contributed by atoms with Crippen LogP contribution in [0.1, 0.15) is 69.7 Å². The van der Waals surface area contributed by atoms with Gasteiger partial charge in [0.25, 0.3) is 0 Å². The smallest absolute Gasteiger partial charge is 0.318 e. The van der Waals surface area contributed by atoms with Crippen LogP contribution >= 0.6 is 0 Å². The molecule has 0 unspecified atom stereocenters. The van der Waals surface area contributed by atoms with E-state index in [1.54, 1.807) is 12.0 Å². The molecule has 1 aromatic heterocycles. The van der Waals surface area contributed by atoms with Crippen LogP contribution in [0.2, 0.25) is 0 Å². The lowest BCUT2D eigenvalue weighted by Gasteiger charge is -2.50. The molecule has 2 aliphatic heterocycles. The zero-order valence-electron chi connectivity index (χ0n) is 21.6. The molecule has 1 saturated carbocycles. The van der Waals surface area contributed by atoms with Crippen molar-refractivity contribution in [1.82, 2.24) is 25.4 Å². The predicted octanol–water partition coefficient (Wildman–Crippen LogP) is 3.63. The highest BCUT2D eigenvalue weighted by Gasteiger charge is 2.49. The Hall–Kier alpha value is -2.94. The van der Waals surface area contributed by atoms with Gasteiger partial charge in [-0.2, -0.15) is 0 Å². The first-order valence-corrected chi connectivity index (χ1v) is 13.3. The molecule has 5 rings (SSSR count). The third-order valence-corrected chi connectivity index (χ3v) is 8.28. The molecule has 1 aliphatic carbocycles. The molecule has 1 atom stereocenters. The summed E-state index contributed by atoms with van der Waals surface area (Å²) >= 11 is 0. The van der Waals surface area contributed by atoms with Crippen molar-refractivity contribution in [2.45, 2.75) is 75.9 Å². The summed E-state index contributed by atoms with van der Waals surface area (Å²) in [5.74, 6) is 0.753. The second-order valence-electron chi connectivity index (χ2n) is 11.0. The maximum Gasteiger partial charge on any atom is 0.318 e. The van der Waals surface area contributed by atoms with Gasteiger partial charge < -0.3 is 35.3 Å². The van der Waals surface area contributed by atoms with E-state index in [-0.39, 0.29) is 30.1 Å². The van der Waals surface area contributed by atoms with Crippen molar-refractivity contribution in [3.63, 3.8) is 0 Å². The molecule has 2 fully saturated rings. The third kappa shape index (κ3) is 4.38. The van der Waals surface area contributed by atoms with Crippen LogP contribution in [0.3, 0.4) is 0 Å². The van der Waals surface area contributed by atoms with Gasteiger partial charge in [-0.05, 0) is 57.2 Å². The van der Waals surface area contributed by atoms with Crippen molar-refractivity contribution in [2.24, 2.45) is 0 Å². The standard InChI is InChI=1S/C27H39N5O4/c1-17(2)28-26(35)32-16-27(10-12-31(13-11-27)25(34)29-18-6-4-5-7-18)23-20-9-8-19(36-3)14-21(20)30-24(23)22(32)15-33/h8-9,14,17-18,22,30,33H,4-7,10-13,15-16H2,1-3H3,(H,28,35)(H,29,34)/t22-/m0/s1. The number of hydrogen-bond donors (Lipinski definition) is 4. The second kappa shape index (κ2) is 9.84. The number of amides is 4. The summed E-state index contributed by atoms with van der Waals surface area (Å²) < 4.78 is 5.45. The van der Waals surface area contributed by atoms with E-state index in [2.05, 4.69) is 21.7 Å². The van der Waals surface area contributed by atoms with Gasteiger partial charge >= 0.3 is 12.1 Å². The Labute approximate surface area is 212 Å². The number of urea groups is 2. The van der Waals surface area contributed by atoms with Crippen molar-refractivity contribution in [3.8, 4) is 5.75 Å². The number of aliphatic hydroxyl groups is 1. The van der Waals surface area contributed by atoms with Gasteiger partial charge in [-0.25, -0.2) is 9.59 Å². The lowest BCUT2D eigenvalue weighted by molar-refractivity contribution is 0.0725. The maximum absolute atomic E-state index is 13.3. The van der Waals surface area contributed by atoms with Crippen LogP contribution in [0.15, 0.2) is 18.2 Å². The lowest BCUT2D eigenvalue weighted by atomic mass is 9.68. The van der Waals surface area contributed by atoms with E-state index >= 15 is 0 Å². The quantitative estimate of drug-likeness (QED) is 0.517. The molecule has 2 aromatic rings. The van der Waals surface area contributed by atoms with Gasteiger partial charge in [0, 0.05) is 59.8 Å². The fourth-order valence-corrected chi connectivity index (χ4v) is 6.43. The van der Waals surface area contributed by atoms with E-state index < -0.39 is 6.04 Å². The van der Waals surface area contributed by atoms with Gasteiger partial charge in [-0.3, -0.25) is 0 Å². The number of H-pyrrole nitrogens is 1. The van der Waals surface area contributed by atoms with Crippen molar-refractivity contribution in [1.29, 1.82) is 0 Å². The van der Waals surface area contributed by atoms with E-state index in [1.807, 2.05) is 30.9 Å². The first-order chi connectivity index (χ1) is 17.3. The summed E-state index contributed by atoms with van der Waals surface area (Å²) in [7, 11) is 1.65. The first kappa shape index (κ1) is 24.7. The van der Waals surface area contributed by atoms with Crippen molar-refractivity contribution in [3.05, 3.63) is 29.5 Å². The molecule has 3 aliphatic rings. The number of nitrogens with zero attached hydrogens (tertiary/aromatic N) is 2. The number of methoxy groups -OCH3 is 1. The first-order valence-electron chi connectivity index (χ1n) is 13.3. The number of piperidine rings is 1. The Balaban J connectivity index is 1.49. The molecule has 3 heterocycles. The summed E-state index contributed by atoms with van der Waals surface area (Å²) in [6.45, 7) is 5.46. The third-order valence-electron chi connectivity index (χ3n) is 8.28. The normalized spacial score (nSPS) is 21.8. The van der Waals surface area contributed by atoms with Crippen LogP contribution < -0.4 is 15.4 Å². The summed E-state index contributed by atoms with van der Waals surface area (Å²) in [4.78, 5) is 33.5.